The Morgan fingerprint density at radius 1 is 1.04 bits per heavy atom. The molecule has 0 saturated carbocycles. The molecule has 0 aromatic heterocycles. The van der Waals surface area contributed by atoms with Crippen LogP contribution in [-0.4, -0.2) is 37.1 Å². The Labute approximate surface area is 151 Å². The third kappa shape index (κ3) is 3.73. The van der Waals surface area contributed by atoms with Crippen molar-refractivity contribution in [2.75, 3.05) is 36.4 Å². The molecular formula is C19H22BrN3O. The molecule has 5 heteroatoms. The van der Waals surface area contributed by atoms with E-state index < -0.39 is 0 Å². The van der Waals surface area contributed by atoms with Crippen molar-refractivity contribution in [2.45, 2.75) is 13.8 Å². The summed E-state index contributed by atoms with van der Waals surface area (Å²) in [6.07, 6.45) is 0. The van der Waals surface area contributed by atoms with Crippen LogP contribution in [0.4, 0.5) is 16.2 Å². The van der Waals surface area contributed by atoms with E-state index in [1.165, 1.54) is 16.8 Å². The minimum Gasteiger partial charge on any atom is -0.368 e. The smallest absolute Gasteiger partial charge is 0.321 e. The number of piperazine rings is 1. The molecule has 126 valence electrons. The molecule has 0 aliphatic carbocycles. The number of hydrogen-bond donors (Lipinski definition) is 1. The van der Waals surface area contributed by atoms with Crippen LogP contribution in [0.25, 0.3) is 0 Å². The van der Waals surface area contributed by atoms with Crippen LogP contribution in [0.2, 0.25) is 0 Å². The van der Waals surface area contributed by atoms with E-state index in [4.69, 9.17) is 0 Å². The maximum absolute atomic E-state index is 12.4. The van der Waals surface area contributed by atoms with Crippen LogP contribution in [0.1, 0.15) is 11.1 Å². The zero-order chi connectivity index (χ0) is 17.1. The first kappa shape index (κ1) is 16.8. The highest BCUT2D eigenvalue weighted by atomic mass is 79.9. The zero-order valence-corrected chi connectivity index (χ0v) is 15.6. The third-order valence-corrected chi connectivity index (χ3v) is 5.07. The number of nitrogens with zero attached hydrogens (tertiary/aromatic N) is 2. The lowest BCUT2D eigenvalue weighted by Crippen LogP contribution is -2.50. The number of nitrogens with one attached hydrogen (secondary N) is 1. The van der Waals surface area contributed by atoms with Gasteiger partial charge < -0.3 is 15.1 Å². The van der Waals surface area contributed by atoms with Gasteiger partial charge in [0.15, 0.2) is 0 Å². The molecule has 1 N–H and O–H groups in total. The highest BCUT2D eigenvalue weighted by Crippen LogP contribution is 2.24. The van der Waals surface area contributed by atoms with Gasteiger partial charge in [0, 0.05) is 36.3 Å². The normalized spacial score (nSPS) is 14.6. The van der Waals surface area contributed by atoms with Crippen molar-refractivity contribution in [3.8, 4) is 0 Å². The van der Waals surface area contributed by atoms with Crippen LogP contribution in [0, 0.1) is 13.8 Å². The van der Waals surface area contributed by atoms with Gasteiger partial charge in [0.2, 0.25) is 0 Å². The van der Waals surface area contributed by atoms with Crippen LogP contribution >= 0.6 is 15.9 Å². The lowest BCUT2D eigenvalue weighted by atomic mass is 10.1. The second-order valence-corrected chi connectivity index (χ2v) is 7.03. The van der Waals surface area contributed by atoms with E-state index in [0.717, 1.165) is 36.3 Å². The van der Waals surface area contributed by atoms with Gasteiger partial charge in [0.05, 0.1) is 5.69 Å². The van der Waals surface area contributed by atoms with E-state index in [2.05, 4.69) is 58.2 Å². The highest BCUT2D eigenvalue weighted by Gasteiger charge is 2.22. The fourth-order valence-corrected chi connectivity index (χ4v) is 3.45. The molecule has 0 atom stereocenters. The molecule has 0 spiro atoms. The molecule has 1 saturated heterocycles. The Kier molecular flexibility index (Phi) is 5.09. The number of rotatable bonds is 2. The van der Waals surface area contributed by atoms with Gasteiger partial charge in [-0.2, -0.15) is 0 Å². The van der Waals surface area contributed by atoms with Crippen molar-refractivity contribution in [1.82, 2.24) is 4.90 Å². The molecule has 2 amide bonds. The van der Waals surface area contributed by atoms with Crippen molar-refractivity contribution in [3.63, 3.8) is 0 Å². The van der Waals surface area contributed by atoms with E-state index >= 15 is 0 Å². The molecule has 1 aliphatic heterocycles. The maximum Gasteiger partial charge on any atom is 0.321 e. The van der Waals surface area contributed by atoms with Crippen molar-refractivity contribution >= 4 is 33.3 Å². The average molecular weight is 388 g/mol. The van der Waals surface area contributed by atoms with Gasteiger partial charge in [0.25, 0.3) is 0 Å². The van der Waals surface area contributed by atoms with Gasteiger partial charge in [-0.25, -0.2) is 4.79 Å². The van der Waals surface area contributed by atoms with Gasteiger partial charge in [-0.15, -0.1) is 0 Å². The van der Waals surface area contributed by atoms with Crippen LogP contribution in [-0.2, 0) is 0 Å². The topological polar surface area (TPSA) is 35.6 Å². The number of carbonyl (C=O) groups excluding carboxylic acids is 1. The molecule has 2 aromatic carbocycles. The molecule has 1 aliphatic rings. The largest absolute Gasteiger partial charge is 0.368 e. The number of urea groups is 1. The molecule has 1 fully saturated rings. The number of hydrogen-bond acceptors (Lipinski definition) is 2. The first-order valence-corrected chi connectivity index (χ1v) is 8.96. The number of anilines is 2. The number of amides is 2. The van der Waals surface area contributed by atoms with Gasteiger partial charge >= 0.3 is 6.03 Å². The minimum atomic E-state index is -0.0396. The summed E-state index contributed by atoms with van der Waals surface area (Å²) in [5.41, 5.74) is 4.65. The monoisotopic (exact) mass is 387 g/mol. The summed E-state index contributed by atoms with van der Waals surface area (Å²) in [5.74, 6) is 0. The Hall–Kier alpha value is -2.01. The Bertz CT molecular complexity index is 739. The number of halogens is 1. The lowest BCUT2D eigenvalue weighted by molar-refractivity contribution is 0.208. The standard InChI is InChI=1S/C19H22BrN3O/c1-14-7-8-18(15(2)13-14)22-9-11-23(12-10-22)19(24)21-17-6-4-3-5-16(17)20/h3-8,13H,9-12H2,1-2H3,(H,21,24). The van der Waals surface area contributed by atoms with E-state index in [1.807, 2.05) is 29.2 Å². The first-order chi connectivity index (χ1) is 11.5. The molecule has 4 nitrogen and oxygen atoms in total. The zero-order valence-electron chi connectivity index (χ0n) is 14.1. The summed E-state index contributed by atoms with van der Waals surface area (Å²) in [7, 11) is 0. The first-order valence-electron chi connectivity index (χ1n) is 8.17. The summed E-state index contributed by atoms with van der Waals surface area (Å²) in [4.78, 5) is 16.7. The summed E-state index contributed by atoms with van der Waals surface area (Å²) >= 11 is 3.46. The summed E-state index contributed by atoms with van der Waals surface area (Å²) in [6, 6.07) is 14.2. The molecule has 0 bridgehead atoms. The van der Waals surface area contributed by atoms with Crippen molar-refractivity contribution < 1.29 is 4.79 Å². The number of para-hydroxylation sites is 1. The molecule has 24 heavy (non-hydrogen) atoms. The molecule has 1 heterocycles. The van der Waals surface area contributed by atoms with Gasteiger partial charge in [0.1, 0.15) is 0 Å². The van der Waals surface area contributed by atoms with Crippen LogP contribution in [0.15, 0.2) is 46.9 Å². The van der Waals surface area contributed by atoms with E-state index in [0.29, 0.717) is 0 Å². The quantitative estimate of drug-likeness (QED) is 0.827. The van der Waals surface area contributed by atoms with Crippen LogP contribution in [0.5, 0.6) is 0 Å². The number of benzene rings is 2. The van der Waals surface area contributed by atoms with Crippen molar-refractivity contribution in [3.05, 3.63) is 58.1 Å². The summed E-state index contributed by atoms with van der Waals surface area (Å²) < 4.78 is 0.896. The Morgan fingerprint density at radius 3 is 2.42 bits per heavy atom. The number of aryl methyl sites for hydroxylation is 2. The predicted octanol–water partition coefficient (Wildman–Crippen LogP) is 4.42. The van der Waals surface area contributed by atoms with E-state index in [1.54, 1.807) is 0 Å². The summed E-state index contributed by atoms with van der Waals surface area (Å²) in [5, 5.41) is 2.97. The second-order valence-electron chi connectivity index (χ2n) is 6.17. The molecule has 0 unspecified atom stereocenters. The predicted molar refractivity (Wildman–Crippen MR) is 103 cm³/mol. The average Bonchev–Trinajstić information content (AvgIpc) is 2.57. The lowest BCUT2D eigenvalue weighted by Gasteiger charge is -2.36. The molecule has 3 rings (SSSR count). The van der Waals surface area contributed by atoms with Gasteiger partial charge in [-0.3, -0.25) is 0 Å². The number of carbonyl (C=O) groups is 1. The SMILES string of the molecule is Cc1ccc(N2CCN(C(=O)Nc3ccccc3Br)CC2)c(C)c1. The molecule has 0 radical (unpaired) electrons. The maximum atomic E-state index is 12.4. The van der Waals surface area contributed by atoms with E-state index in [-0.39, 0.29) is 6.03 Å². The van der Waals surface area contributed by atoms with Gasteiger partial charge in [-0.05, 0) is 53.5 Å². The minimum absolute atomic E-state index is 0.0396. The summed E-state index contributed by atoms with van der Waals surface area (Å²) in [6.45, 7) is 7.42. The Balaban J connectivity index is 1.60. The Morgan fingerprint density at radius 2 is 1.75 bits per heavy atom. The van der Waals surface area contributed by atoms with Crippen molar-refractivity contribution in [1.29, 1.82) is 0 Å². The fraction of sp³-hybridized carbons (Fsp3) is 0.316. The third-order valence-electron chi connectivity index (χ3n) is 4.38. The second kappa shape index (κ2) is 7.26. The van der Waals surface area contributed by atoms with Crippen LogP contribution < -0.4 is 10.2 Å². The molecule has 2 aromatic rings. The highest BCUT2D eigenvalue weighted by molar-refractivity contribution is 9.10. The van der Waals surface area contributed by atoms with Crippen LogP contribution in [0.3, 0.4) is 0 Å². The molecular weight excluding hydrogens is 366 g/mol. The van der Waals surface area contributed by atoms with Crippen molar-refractivity contribution in [2.24, 2.45) is 0 Å². The fourth-order valence-electron chi connectivity index (χ4n) is 3.07. The van der Waals surface area contributed by atoms with E-state index in [9.17, 15) is 4.79 Å². The van der Waals surface area contributed by atoms with Gasteiger partial charge in [-0.1, -0.05) is 29.8 Å².